The Morgan fingerprint density at radius 1 is 1.41 bits per heavy atom. The van der Waals surface area contributed by atoms with E-state index in [0.717, 1.165) is 6.54 Å². The molecule has 0 aliphatic carbocycles. The fourth-order valence-corrected chi connectivity index (χ4v) is 3.00. The number of nitrogens with one attached hydrogen (secondary N) is 1. The minimum absolute atomic E-state index is 0. The van der Waals surface area contributed by atoms with Crippen molar-refractivity contribution < 1.29 is 0 Å². The molecule has 0 aromatic heterocycles. The second-order valence-corrected chi connectivity index (χ2v) is 5.32. The Hall–Kier alpha value is -0.0900. The second kappa shape index (κ2) is 6.74. The molecule has 1 aromatic rings. The van der Waals surface area contributed by atoms with Crippen LogP contribution >= 0.6 is 28.3 Å². The average Bonchev–Trinajstić information content (AvgIpc) is 2.77. The van der Waals surface area contributed by atoms with Gasteiger partial charge >= 0.3 is 0 Å². The summed E-state index contributed by atoms with van der Waals surface area (Å²) < 4.78 is 1.22. The number of hydrogen-bond donors (Lipinski definition) is 1. The summed E-state index contributed by atoms with van der Waals surface area (Å²) in [5.74, 6) is 0. The van der Waals surface area contributed by atoms with Crippen LogP contribution in [0.1, 0.15) is 24.9 Å². The zero-order valence-corrected chi connectivity index (χ0v) is 12.7. The summed E-state index contributed by atoms with van der Waals surface area (Å²) in [4.78, 5) is 2.54. The monoisotopic (exact) mass is 318 g/mol. The highest BCUT2D eigenvalue weighted by molar-refractivity contribution is 9.10. The molecule has 0 amide bonds. The van der Waals surface area contributed by atoms with E-state index in [2.05, 4.69) is 64.4 Å². The summed E-state index contributed by atoms with van der Waals surface area (Å²) in [6, 6.07) is 9.67. The molecule has 0 radical (unpaired) electrons. The highest BCUT2D eigenvalue weighted by atomic mass is 79.9. The van der Waals surface area contributed by atoms with E-state index in [0.29, 0.717) is 12.1 Å². The number of hydrogen-bond acceptors (Lipinski definition) is 2. The summed E-state index contributed by atoms with van der Waals surface area (Å²) in [6.45, 7) is 4.63. The number of benzene rings is 1. The van der Waals surface area contributed by atoms with Gasteiger partial charge in [0.2, 0.25) is 0 Å². The molecule has 1 aromatic carbocycles. The molecule has 1 fully saturated rings. The van der Waals surface area contributed by atoms with Crippen molar-refractivity contribution in [2.45, 2.75) is 25.4 Å². The van der Waals surface area contributed by atoms with E-state index in [9.17, 15) is 0 Å². The van der Waals surface area contributed by atoms with Crippen LogP contribution in [0.4, 0.5) is 0 Å². The van der Waals surface area contributed by atoms with Crippen molar-refractivity contribution in [3.8, 4) is 0 Å². The third-order valence-corrected chi connectivity index (χ3v) is 4.25. The molecule has 1 heterocycles. The molecule has 2 unspecified atom stereocenters. The minimum Gasteiger partial charge on any atom is -0.316 e. The van der Waals surface area contributed by atoms with Crippen LogP contribution in [0.2, 0.25) is 0 Å². The molecule has 2 atom stereocenters. The number of likely N-dealkylation sites (N-methyl/N-ethyl adjacent to an activating group) is 1. The second-order valence-electron chi connectivity index (χ2n) is 4.47. The first-order chi connectivity index (χ1) is 7.72. The molecular weight excluding hydrogens is 300 g/mol. The molecule has 4 heteroatoms. The lowest BCUT2D eigenvalue weighted by Gasteiger charge is -2.25. The smallest absolute Gasteiger partial charge is 0.0331 e. The van der Waals surface area contributed by atoms with Crippen LogP contribution in [-0.4, -0.2) is 31.1 Å². The molecule has 96 valence electrons. The molecule has 0 saturated carbocycles. The van der Waals surface area contributed by atoms with Crippen LogP contribution in [0.25, 0.3) is 0 Å². The van der Waals surface area contributed by atoms with Crippen molar-refractivity contribution in [3.63, 3.8) is 0 Å². The van der Waals surface area contributed by atoms with Gasteiger partial charge in [0.25, 0.3) is 0 Å². The van der Waals surface area contributed by atoms with E-state index < -0.39 is 0 Å². The zero-order valence-electron chi connectivity index (χ0n) is 10.3. The fraction of sp³-hybridized carbons (Fsp3) is 0.538. The normalized spacial score (nSPS) is 22.2. The van der Waals surface area contributed by atoms with Crippen LogP contribution in [0, 0.1) is 0 Å². The van der Waals surface area contributed by atoms with Crippen LogP contribution in [0.5, 0.6) is 0 Å². The van der Waals surface area contributed by atoms with Gasteiger partial charge in [-0.15, -0.1) is 12.4 Å². The van der Waals surface area contributed by atoms with Crippen molar-refractivity contribution in [1.82, 2.24) is 10.2 Å². The molecule has 1 N–H and O–H groups in total. The largest absolute Gasteiger partial charge is 0.316 e. The molecule has 1 aliphatic rings. The maximum atomic E-state index is 3.63. The van der Waals surface area contributed by atoms with Crippen LogP contribution in [0.15, 0.2) is 28.7 Å². The van der Waals surface area contributed by atoms with Gasteiger partial charge in [-0.1, -0.05) is 34.1 Å². The quantitative estimate of drug-likeness (QED) is 0.920. The highest BCUT2D eigenvalue weighted by Gasteiger charge is 2.26. The Labute approximate surface area is 118 Å². The average molecular weight is 320 g/mol. The molecule has 2 rings (SSSR count). The van der Waals surface area contributed by atoms with E-state index >= 15 is 0 Å². The van der Waals surface area contributed by atoms with Crippen LogP contribution in [0.3, 0.4) is 0 Å². The lowest BCUT2D eigenvalue weighted by atomic mass is 10.1. The van der Waals surface area contributed by atoms with Crippen LogP contribution in [-0.2, 0) is 0 Å². The van der Waals surface area contributed by atoms with Gasteiger partial charge in [0.1, 0.15) is 0 Å². The first-order valence-electron chi connectivity index (χ1n) is 5.88. The first-order valence-corrected chi connectivity index (χ1v) is 6.67. The van der Waals surface area contributed by atoms with E-state index in [1.54, 1.807) is 0 Å². The summed E-state index contributed by atoms with van der Waals surface area (Å²) in [5.41, 5.74) is 1.39. The standard InChI is InChI=1S/C13H19BrN2.ClH/c1-10(12-5-3-4-6-13(12)14)16-8-7-11(9-16)15-2;/h3-6,10-11,15H,7-9H2,1-2H3;1H. The summed E-state index contributed by atoms with van der Waals surface area (Å²) in [7, 11) is 2.05. The maximum absolute atomic E-state index is 3.63. The lowest BCUT2D eigenvalue weighted by molar-refractivity contribution is 0.256. The number of rotatable bonds is 3. The van der Waals surface area contributed by atoms with Gasteiger partial charge in [-0.3, -0.25) is 4.90 Å². The van der Waals surface area contributed by atoms with E-state index in [-0.39, 0.29) is 12.4 Å². The van der Waals surface area contributed by atoms with Gasteiger partial charge in [0, 0.05) is 29.6 Å². The Kier molecular flexibility index (Phi) is 5.93. The van der Waals surface area contributed by atoms with Crippen molar-refractivity contribution >= 4 is 28.3 Å². The SMILES string of the molecule is CNC1CCN(C(C)c2ccccc2Br)C1.Cl. The van der Waals surface area contributed by atoms with Crippen molar-refractivity contribution in [1.29, 1.82) is 0 Å². The Bertz CT molecular complexity index is 359. The summed E-state index contributed by atoms with van der Waals surface area (Å²) in [5, 5.41) is 3.36. The van der Waals surface area contributed by atoms with Gasteiger partial charge < -0.3 is 5.32 Å². The number of halogens is 2. The van der Waals surface area contributed by atoms with Gasteiger partial charge in [-0.2, -0.15) is 0 Å². The topological polar surface area (TPSA) is 15.3 Å². The molecule has 17 heavy (non-hydrogen) atoms. The molecule has 0 bridgehead atoms. The highest BCUT2D eigenvalue weighted by Crippen LogP contribution is 2.29. The first kappa shape index (κ1) is 15.0. The molecule has 1 aliphatic heterocycles. The number of nitrogens with zero attached hydrogens (tertiary/aromatic N) is 1. The van der Waals surface area contributed by atoms with Gasteiger partial charge in [-0.05, 0) is 32.0 Å². The van der Waals surface area contributed by atoms with E-state index in [4.69, 9.17) is 0 Å². The van der Waals surface area contributed by atoms with Gasteiger partial charge in [-0.25, -0.2) is 0 Å². The van der Waals surface area contributed by atoms with E-state index in [1.807, 2.05) is 0 Å². The summed E-state index contributed by atoms with van der Waals surface area (Å²) >= 11 is 3.63. The predicted molar refractivity (Wildman–Crippen MR) is 78.8 cm³/mol. The van der Waals surface area contributed by atoms with Gasteiger partial charge in [0.05, 0.1) is 0 Å². The Balaban J connectivity index is 0.00000144. The van der Waals surface area contributed by atoms with Crippen molar-refractivity contribution in [2.75, 3.05) is 20.1 Å². The lowest BCUT2D eigenvalue weighted by Crippen LogP contribution is -2.31. The zero-order chi connectivity index (χ0) is 11.5. The number of likely N-dealkylation sites (tertiary alicyclic amines) is 1. The predicted octanol–water partition coefficient (Wildman–Crippen LogP) is 3.23. The maximum Gasteiger partial charge on any atom is 0.0331 e. The van der Waals surface area contributed by atoms with Crippen molar-refractivity contribution in [2.24, 2.45) is 0 Å². The third-order valence-electron chi connectivity index (χ3n) is 3.53. The fourth-order valence-electron chi connectivity index (χ4n) is 2.39. The van der Waals surface area contributed by atoms with Crippen LogP contribution < -0.4 is 5.32 Å². The third kappa shape index (κ3) is 3.44. The van der Waals surface area contributed by atoms with E-state index in [1.165, 1.54) is 23.0 Å². The summed E-state index contributed by atoms with van der Waals surface area (Å²) in [6.07, 6.45) is 1.26. The van der Waals surface area contributed by atoms with Crippen molar-refractivity contribution in [3.05, 3.63) is 34.3 Å². The Morgan fingerprint density at radius 3 is 2.71 bits per heavy atom. The van der Waals surface area contributed by atoms with Gasteiger partial charge in [0.15, 0.2) is 0 Å². The molecule has 2 nitrogen and oxygen atoms in total. The molecule has 1 saturated heterocycles. The minimum atomic E-state index is 0. The molecular formula is C13H20BrClN2. The molecule has 0 spiro atoms. The Morgan fingerprint density at radius 2 is 2.12 bits per heavy atom.